The van der Waals surface area contributed by atoms with Crippen LogP contribution in [-0.2, 0) is 13.0 Å². The molecule has 0 aliphatic heterocycles. The number of aromatic nitrogens is 2. The maximum atomic E-state index is 4.53. The van der Waals surface area contributed by atoms with Gasteiger partial charge < -0.3 is 4.57 Å². The molecule has 0 aliphatic carbocycles. The summed E-state index contributed by atoms with van der Waals surface area (Å²) in [4.78, 5) is 4.53. The third-order valence-electron chi connectivity index (χ3n) is 4.31. The normalized spacial score (nSPS) is 11.1. The molecule has 1 rings (SSSR count). The molecule has 2 heteroatoms. The van der Waals surface area contributed by atoms with Gasteiger partial charge in [-0.2, -0.15) is 0 Å². The van der Waals surface area contributed by atoms with E-state index in [-0.39, 0.29) is 0 Å². The number of unbranched alkanes of at least 4 members (excludes halogenated alkanes) is 10. The minimum atomic E-state index is 1.15. The molecule has 1 aromatic heterocycles. The van der Waals surface area contributed by atoms with Crippen LogP contribution in [0.1, 0.15) is 96.7 Å². The lowest BCUT2D eigenvalue weighted by Crippen LogP contribution is -2.03. The highest BCUT2D eigenvalue weighted by molar-refractivity contribution is 4.92. The molecule has 0 unspecified atom stereocenters. The van der Waals surface area contributed by atoms with Gasteiger partial charge in [-0.25, -0.2) is 4.98 Å². The second-order valence-electron chi connectivity index (χ2n) is 6.32. The lowest BCUT2D eigenvalue weighted by Gasteiger charge is -2.07. The van der Waals surface area contributed by atoms with E-state index >= 15 is 0 Å². The molecule has 0 radical (unpaired) electrons. The van der Waals surface area contributed by atoms with Gasteiger partial charge in [0.05, 0.1) is 0 Å². The molecular weight excluding hydrogens is 256 g/mol. The number of nitrogens with zero attached hydrogens (tertiary/aromatic N) is 2. The summed E-state index contributed by atoms with van der Waals surface area (Å²) in [5.74, 6) is 1.30. The summed E-state index contributed by atoms with van der Waals surface area (Å²) in [6, 6.07) is 0. The van der Waals surface area contributed by atoms with Crippen LogP contribution in [0.3, 0.4) is 0 Å². The standard InChI is InChI=1S/C19H36N2/c1-3-5-7-8-9-10-11-12-13-15-19-20-16-18-21(19)17-14-6-4-2/h16,18H,3-15,17H2,1-2H3. The highest BCUT2D eigenvalue weighted by Crippen LogP contribution is 2.12. The van der Waals surface area contributed by atoms with Gasteiger partial charge in [-0.05, 0) is 12.8 Å². The lowest BCUT2D eigenvalue weighted by molar-refractivity contribution is 0.545. The quantitative estimate of drug-likeness (QED) is 0.376. The Kier molecular flexibility index (Phi) is 11.2. The molecule has 0 amide bonds. The van der Waals surface area contributed by atoms with Crippen LogP contribution in [0.25, 0.3) is 0 Å². The van der Waals surface area contributed by atoms with E-state index in [1.54, 1.807) is 0 Å². The third kappa shape index (κ3) is 8.95. The molecule has 0 aromatic carbocycles. The zero-order chi connectivity index (χ0) is 15.2. The van der Waals surface area contributed by atoms with Gasteiger partial charge in [0.25, 0.3) is 0 Å². The maximum absolute atomic E-state index is 4.53. The van der Waals surface area contributed by atoms with E-state index in [9.17, 15) is 0 Å². The molecule has 122 valence electrons. The highest BCUT2D eigenvalue weighted by atomic mass is 15.1. The molecule has 0 N–H and O–H groups in total. The molecule has 1 heterocycles. The summed E-state index contributed by atoms with van der Waals surface area (Å²) in [5.41, 5.74) is 0. The van der Waals surface area contributed by atoms with Gasteiger partial charge in [0.2, 0.25) is 0 Å². The van der Waals surface area contributed by atoms with E-state index in [1.165, 1.54) is 82.9 Å². The molecular formula is C19H36N2. The van der Waals surface area contributed by atoms with Crippen molar-refractivity contribution in [3.05, 3.63) is 18.2 Å². The Morgan fingerprint density at radius 3 is 2.00 bits per heavy atom. The molecule has 0 bridgehead atoms. The second kappa shape index (κ2) is 12.9. The minimum absolute atomic E-state index is 1.15. The van der Waals surface area contributed by atoms with E-state index in [4.69, 9.17) is 0 Å². The molecule has 0 saturated heterocycles. The first-order chi connectivity index (χ1) is 10.4. The molecule has 1 aromatic rings. The first-order valence-corrected chi connectivity index (χ1v) is 9.38. The number of aryl methyl sites for hydroxylation is 2. The van der Waals surface area contributed by atoms with Gasteiger partial charge in [-0.3, -0.25) is 0 Å². The zero-order valence-electron chi connectivity index (χ0n) is 14.4. The lowest BCUT2D eigenvalue weighted by atomic mass is 10.1. The fraction of sp³-hybridized carbons (Fsp3) is 0.842. The summed E-state index contributed by atoms with van der Waals surface area (Å²) >= 11 is 0. The van der Waals surface area contributed by atoms with Crippen LogP contribution in [0.15, 0.2) is 12.4 Å². The van der Waals surface area contributed by atoms with E-state index in [2.05, 4.69) is 29.6 Å². The SMILES string of the molecule is CCCCCCCCCCCc1nccn1CCCCC. The molecule has 21 heavy (non-hydrogen) atoms. The molecule has 0 fully saturated rings. The van der Waals surface area contributed by atoms with Crippen LogP contribution in [0.2, 0.25) is 0 Å². The van der Waals surface area contributed by atoms with Crippen LogP contribution in [0.5, 0.6) is 0 Å². The Bertz CT molecular complexity index is 330. The fourth-order valence-electron chi connectivity index (χ4n) is 2.90. The predicted octanol–water partition coefficient (Wildman–Crippen LogP) is 6.15. The first kappa shape index (κ1) is 18.3. The van der Waals surface area contributed by atoms with E-state index in [0.717, 1.165) is 13.0 Å². The summed E-state index contributed by atoms with van der Waals surface area (Å²) in [6.07, 6.45) is 21.8. The third-order valence-corrected chi connectivity index (χ3v) is 4.31. The summed E-state index contributed by atoms with van der Waals surface area (Å²) in [7, 11) is 0. The number of rotatable bonds is 14. The Labute approximate surface area is 132 Å². The predicted molar refractivity (Wildman–Crippen MR) is 92.7 cm³/mol. The van der Waals surface area contributed by atoms with Crippen molar-refractivity contribution in [1.82, 2.24) is 9.55 Å². The minimum Gasteiger partial charge on any atom is -0.335 e. The van der Waals surface area contributed by atoms with E-state index < -0.39 is 0 Å². The Hall–Kier alpha value is -0.790. The van der Waals surface area contributed by atoms with Crippen LogP contribution in [0, 0.1) is 0 Å². The molecule has 0 spiro atoms. The van der Waals surface area contributed by atoms with Crippen molar-refractivity contribution in [1.29, 1.82) is 0 Å². The number of hydrogen-bond donors (Lipinski definition) is 0. The maximum Gasteiger partial charge on any atom is 0.108 e. The van der Waals surface area contributed by atoms with Gasteiger partial charge in [-0.1, -0.05) is 78.1 Å². The summed E-state index contributed by atoms with van der Waals surface area (Å²) in [6.45, 7) is 5.70. The monoisotopic (exact) mass is 292 g/mol. The zero-order valence-corrected chi connectivity index (χ0v) is 14.4. The summed E-state index contributed by atoms with van der Waals surface area (Å²) in [5, 5.41) is 0. The van der Waals surface area contributed by atoms with E-state index in [1.807, 2.05) is 6.20 Å². The average Bonchev–Trinajstić information content (AvgIpc) is 2.93. The van der Waals surface area contributed by atoms with Crippen LogP contribution < -0.4 is 0 Å². The largest absolute Gasteiger partial charge is 0.335 e. The molecule has 0 aliphatic rings. The van der Waals surface area contributed by atoms with Gasteiger partial charge in [0.1, 0.15) is 5.82 Å². The van der Waals surface area contributed by atoms with Gasteiger partial charge in [0, 0.05) is 25.4 Å². The Morgan fingerprint density at radius 1 is 0.762 bits per heavy atom. The van der Waals surface area contributed by atoms with Gasteiger partial charge in [0.15, 0.2) is 0 Å². The van der Waals surface area contributed by atoms with Crippen molar-refractivity contribution in [2.24, 2.45) is 0 Å². The van der Waals surface area contributed by atoms with Crippen molar-refractivity contribution in [2.75, 3.05) is 0 Å². The smallest absolute Gasteiger partial charge is 0.108 e. The van der Waals surface area contributed by atoms with Crippen LogP contribution in [-0.4, -0.2) is 9.55 Å². The average molecular weight is 293 g/mol. The van der Waals surface area contributed by atoms with Crippen molar-refractivity contribution >= 4 is 0 Å². The van der Waals surface area contributed by atoms with E-state index in [0.29, 0.717) is 0 Å². The first-order valence-electron chi connectivity index (χ1n) is 9.38. The topological polar surface area (TPSA) is 17.8 Å². The van der Waals surface area contributed by atoms with Crippen LogP contribution >= 0.6 is 0 Å². The van der Waals surface area contributed by atoms with Crippen LogP contribution in [0.4, 0.5) is 0 Å². The molecule has 0 saturated carbocycles. The summed E-state index contributed by atoms with van der Waals surface area (Å²) < 4.78 is 2.36. The van der Waals surface area contributed by atoms with Crippen molar-refractivity contribution < 1.29 is 0 Å². The van der Waals surface area contributed by atoms with Gasteiger partial charge >= 0.3 is 0 Å². The second-order valence-corrected chi connectivity index (χ2v) is 6.32. The van der Waals surface area contributed by atoms with Crippen molar-refractivity contribution in [3.63, 3.8) is 0 Å². The fourth-order valence-corrected chi connectivity index (χ4v) is 2.90. The Balaban J connectivity index is 2.01. The number of hydrogen-bond acceptors (Lipinski definition) is 1. The van der Waals surface area contributed by atoms with Crippen molar-refractivity contribution in [3.8, 4) is 0 Å². The van der Waals surface area contributed by atoms with Gasteiger partial charge in [-0.15, -0.1) is 0 Å². The number of imidazole rings is 1. The van der Waals surface area contributed by atoms with Crippen molar-refractivity contribution in [2.45, 2.75) is 104 Å². The Morgan fingerprint density at radius 2 is 1.33 bits per heavy atom. The molecule has 2 nitrogen and oxygen atoms in total. The molecule has 0 atom stereocenters. The highest BCUT2D eigenvalue weighted by Gasteiger charge is 2.02.